The number of aliphatic hydroxyl groups excluding tert-OH is 1. The fourth-order valence-electron chi connectivity index (χ4n) is 4.54. The van der Waals surface area contributed by atoms with E-state index in [2.05, 4.69) is 25.9 Å². The monoisotopic (exact) mass is 578 g/mol. The number of imidazole rings is 1. The molecule has 178 valence electrons. The second-order valence-corrected chi connectivity index (χ2v) is 10.7. The first-order valence-electron chi connectivity index (χ1n) is 10.9. The molecule has 3 aromatic heterocycles. The molecule has 4 heterocycles. The van der Waals surface area contributed by atoms with Crippen LogP contribution in [0, 0.1) is 6.92 Å². The summed E-state index contributed by atoms with van der Waals surface area (Å²) >= 11 is 10.9. The maximum Gasteiger partial charge on any atom is 0.301 e. The van der Waals surface area contributed by atoms with Gasteiger partial charge in [0.1, 0.15) is 11.3 Å². The number of amides is 1. The lowest BCUT2D eigenvalue weighted by molar-refractivity contribution is -0.132. The van der Waals surface area contributed by atoms with Crippen molar-refractivity contribution < 1.29 is 14.7 Å². The minimum atomic E-state index is -0.896. The molecule has 2 aromatic carbocycles. The number of fused-ring (bicyclic) bond motifs is 2. The number of aliphatic hydroxyl groups is 1. The van der Waals surface area contributed by atoms with Gasteiger partial charge in [-0.25, -0.2) is 9.97 Å². The second kappa shape index (κ2) is 8.55. The number of anilines is 1. The van der Waals surface area contributed by atoms with E-state index in [1.807, 2.05) is 36.4 Å². The predicted octanol–water partition coefficient (Wildman–Crippen LogP) is 6.29. The van der Waals surface area contributed by atoms with Crippen molar-refractivity contribution in [3.63, 3.8) is 0 Å². The summed E-state index contributed by atoms with van der Waals surface area (Å²) in [5, 5.41) is 12.5. The highest BCUT2D eigenvalue weighted by Crippen LogP contribution is 2.45. The molecule has 0 bridgehead atoms. The largest absolute Gasteiger partial charge is 0.505 e. The van der Waals surface area contributed by atoms with Gasteiger partial charge in [-0.1, -0.05) is 57.1 Å². The molecule has 1 unspecified atom stereocenters. The fourth-order valence-corrected chi connectivity index (χ4v) is 6.22. The molecule has 7 nitrogen and oxygen atoms in total. The molecule has 1 N–H and O–H groups in total. The van der Waals surface area contributed by atoms with Gasteiger partial charge in [-0.15, -0.1) is 0 Å². The zero-order chi connectivity index (χ0) is 25.1. The maximum absolute atomic E-state index is 13.5. The smallest absolute Gasteiger partial charge is 0.301 e. The lowest BCUT2D eigenvalue weighted by Gasteiger charge is -2.23. The number of carbonyl (C=O) groups is 2. The molecule has 6 rings (SSSR count). The lowest BCUT2D eigenvalue weighted by atomic mass is 9.96. The molecule has 1 saturated heterocycles. The molecule has 1 atom stereocenters. The molecule has 1 aliphatic rings. The summed E-state index contributed by atoms with van der Waals surface area (Å²) < 4.78 is 3.26. The Morgan fingerprint density at radius 1 is 1.08 bits per heavy atom. The zero-order valence-corrected chi connectivity index (χ0v) is 21.8. The number of nitrogens with zero attached hydrogens (tertiary/aromatic N) is 4. The van der Waals surface area contributed by atoms with Gasteiger partial charge in [-0.3, -0.25) is 18.9 Å². The summed E-state index contributed by atoms with van der Waals surface area (Å²) in [6, 6.07) is 17.1. The molecular weight excluding hydrogens is 564 g/mol. The average molecular weight is 580 g/mol. The highest BCUT2D eigenvalue weighted by Gasteiger charge is 2.48. The predicted molar refractivity (Wildman–Crippen MR) is 143 cm³/mol. The van der Waals surface area contributed by atoms with Gasteiger partial charge < -0.3 is 5.11 Å². The van der Waals surface area contributed by atoms with Crippen LogP contribution in [-0.4, -0.2) is 31.2 Å². The summed E-state index contributed by atoms with van der Waals surface area (Å²) in [5.74, 6) is -1.85. The van der Waals surface area contributed by atoms with Crippen LogP contribution in [0.4, 0.5) is 5.13 Å². The Balaban J connectivity index is 1.62. The van der Waals surface area contributed by atoms with E-state index in [1.54, 1.807) is 41.8 Å². The first-order chi connectivity index (χ1) is 17.3. The highest BCUT2D eigenvalue weighted by atomic mass is 79.9. The number of halogens is 2. The van der Waals surface area contributed by atoms with Crippen LogP contribution in [0.5, 0.6) is 0 Å². The summed E-state index contributed by atoms with van der Waals surface area (Å²) in [4.78, 5) is 37.5. The summed E-state index contributed by atoms with van der Waals surface area (Å²) in [5.41, 5.74) is 2.80. The van der Waals surface area contributed by atoms with E-state index in [0.717, 1.165) is 9.17 Å². The van der Waals surface area contributed by atoms with Crippen molar-refractivity contribution in [1.29, 1.82) is 0 Å². The van der Waals surface area contributed by atoms with Gasteiger partial charge in [0.2, 0.25) is 0 Å². The summed E-state index contributed by atoms with van der Waals surface area (Å²) in [6.45, 7) is 1.75. The number of aryl methyl sites for hydroxylation is 1. The Labute approximate surface area is 222 Å². The van der Waals surface area contributed by atoms with E-state index in [1.165, 1.54) is 16.2 Å². The van der Waals surface area contributed by atoms with E-state index in [0.29, 0.717) is 38.3 Å². The number of aromatic nitrogens is 3. The maximum atomic E-state index is 13.5. The van der Waals surface area contributed by atoms with Gasteiger partial charge in [0, 0.05) is 15.7 Å². The minimum absolute atomic E-state index is 0.0239. The molecule has 5 aromatic rings. The second-order valence-electron chi connectivity index (χ2n) is 8.31. The number of thiazole rings is 1. The van der Waals surface area contributed by atoms with Crippen molar-refractivity contribution in [2.45, 2.75) is 13.0 Å². The molecular formula is C26H16BrClN4O3S. The zero-order valence-electron chi connectivity index (χ0n) is 18.6. The van der Waals surface area contributed by atoms with Crippen LogP contribution in [0.15, 0.2) is 76.9 Å². The average Bonchev–Trinajstić information content (AvgIpc) is 3.49. The Hall–Kier alpha value is -3.53. The van der Waals surface area contributed by atoms with Gasteiger partial charge in [0.15, 0.2) is 10.9 Å². The first kappa shape index (κ1) is 22.9. The first-order valence-corrected chi connectivity index (χ1v) is 12.9. The van der Waals surface area contributed by atoms with Crippen LogP contribution in [0.3, 0.4) is 0 Å². The van der Waals surface area contributed by atoms with Crippen LogP contribution in [0.1, 0.15) is 23.0 Å². The fraction of sp³-hybridized carbons (Fsp3) is 0.0769. The highest BCUT2D eigenvalue weighted by molar-refractivity contribution is 9.10. The third kappa shape index (κ3) is 3.54. The normalized spacial score (nSPS) is 17.5. The van der Waals surface area contributed by atoms with Crippen LogP contribution < -0.4 is 4.90 Å². The van der Waals surface area contributed by atoms with Crippen LogP contribution in [-0.2, 0) is 9.59 Å². The standard InChI is InChI=1S/C26H16BrClN4O3S/c1-13-21(31-10-3-2-7-19(31)29-13)23(33)20-22(14-5-4-6-15(27)11-14)32(25(35)24(20)34)26-30-17-9-8-16(28)12-18(17)36-26/h2-12,22,33H,1H3. The quantitative estimate of drug-likeness (QED) is 0.154. The van der Waals surface area contributed by atoms with E-state index in [9.17, 15) is 14.7 Å². The van der Waals surface area contributed by atoms with E-state index >= 15 is 0 Å². The topological polar surface area (TPSA) is 87.8 Å². The van der Waals surface area contributed by atoms with Crippen molar-refractivity contribution in [1.82, 2.24) is 14.4 Å². The van der Waals surface area contributed by atoms with E-state index in [4.69, 9.17) is 11.6 Å². The number of carbonyl (C=O) groups excluding carboxylic acids is 2. The molecule has 1 amide bonds. The number of benzene rings is 2. The number of pyridine rings is 1. The van der Waals surface area contributed by atoms with Crippen LogP contribution >= 0.6 is 38.9 Å². The molecule has 36 heavy (non-hydrogen) atoms. The van der Waals surface area contributed by atoms with E-state index in [-0.39, 0.29) is 11.3 Å². The number of hydrogen-bond acceptors (Lipinski definition) is 6. The number of ketones is 1. The van der Waals surface area contributed by atoms with Crippen molar-refractivity contribution in [3.8, 4) is 0 Å². The Morgan fingerprint density at radius 2 is 1.92 bits per heavy atom. The van der Waals surface area contributed by atoms with Gasteiger partial charge in [0.05, 0.1) is 27.5 Å². The third-order valence-corrected chi connectivity index (χ3v) is 7.83. The Bertz CT molecular complexity index is 1760. The molecule has 1 fully saturated rings. The third-order valence-electron chi connectivity index (χ3n) is 6.08. The lowest BCUT2D eigenvalue weighted by Crippen LogP contribution is -2.29. The number of rotatable bonds is 3. The van der Waals surface area contributed by atoms with Gasteiger partial charge in [-0.05, 0) is 55.0 Å². The van der Waals surface area contributed by atoms with Crippen molar-refractivity contribution in [2.24, 2.45) is 0 Å². The molecule has 0 saturated carbocycles. The Morgan fingerprint density at radius 3 is 2.72 bits per heavy atom. The minimum Gasteiger partial charge on any atom is -0.505 e. The van der Waals surface area contributed by atoms with Crippen molar-refractivity contribution in [3.05, 3.63) is 98.9 Å². The molecule has 0 aliphatic carbocycles. The van der Waals surface area contributed by atoms with E-state index < -0.39 is 17.7 Å². The van der Waals surface area contributed by atoms with Gasteiger partial charge >= 0.3 is 5.91 Å². The van der Waals surface area contributed by atoms with Gasteiger partial charge in [0.25, 0.3) is 5.78 Å². The molecule has 0 radical (unpaired) electrons. The molecule has 0 spiro atoms. The molecule has 1 aliphatic heterocycles. The van der Waals surface area contributed by atoms with Crippen molar-refractivity contribution in [2.75, 3.05) is 4.90 Å². The van der Waals surface area contributed by atoms with Crippen LogP contribution in [0.2, 0.25) is 5.02 Å². The molecule has 10 heteroatoms. The Kier molecular flexibility index (Phi) is 5.44. The summed E-state index contributed by atoms with van der Waals surface area (Å²) in [6.07, 6.45) is 1.76. The number of Topliss-reactive ketones (excluding diaryl/α,β-unsaturated/α-hetero) is 1. The van der Waals surface area contributed by atoms with Gasteiger partial charge in [-0.2, -0.15) is 0 Å². The van der Waals surface area contributed by atoms with Crippen molar-refractivity contribution >= 4 is 77.3 Å². The van der Waals surface area contributed by atoms with Crippen LogP contribution in [0.25, 0.3) is 21.6 Å². The summed E-state index contributed by atoms with van der Waals surface area (Å²) in [7, 11) is 0. The SMILES string of the molecule is Cc1nc2ccccn2c1C(O)=C1C(=O)C(=O)N(c2nc3ccc(Cl)cc3s2)C1c1cccc(Br)c1. The number of hydrogen-bond donors (Lipinski definition) is 1.